The fraction of sp³-hybridized carbons (Fsp3) is 0.348. The molecule has 9 heteroatoms. The van der Waals surface area contributed by atoms with Crippen LogP contribution in [0.5, 0.6) is 0 Å². The van der Waals surface area contributed by atoms with Crippen LogP contribution in [0, 0.1) is 11.8 Å². The van der Waals surface area contributed by atoms with Gasteiger partial charge in [0, 0.05) is 31.5 Å². The van der Waals surface area contributed by atoms with Crippen molar-refractivity contribution >= 4 is 28.0 Å². The first-order chi connectivity index (χ1) is 15.6. The van der Waals surface area contributed by atoms with Gasteiger partial charge >= 0.3 is 0 Å². The summed E-state index contributed by atoms with van der Waals surface area (Å²) >= 11 is 0. The van der Waals surface area contributed by atoms with E-state index in [2.05, 4.69) is 31.8 Å². The largest absolute Gasteiger partial charge is 0.341 e. The molecular weight excluding hydrogens is 404 g/mol. The Kier molecular flexibility index (Phi) is 5.29. The van der Waals surface area contributed by atoms with Crippen LogP contribution in [0.25, 0.3) is 22.1 Å². The van der Waals surface area contributed by atoms with Crippen molar-refractivity contribution in [3.8, 4) is 11.8 Å². The lowest BCUT2D eigenvalue weighted by Crippen LogP contribution is -2.44. The van der Waals surface area contributed by atoms with Gasteiger partial charge in [0.05, 0.1) is 30.3 Å². The molecule has 1 aliphatic rings. The van der Waals surface area contributed by atoms with Crippen LogP contribution in [0.2, 0.25) is 0 Å². The van der Waals surface area contributed by atoms with Crippen molar-refractivity contribution in [1.82, 2.24) is 29.3 Å². The predicted molar refractivity (Wildman–Crippen MR) is 123 cm³/mol. The smallest absolute Gasteiger partial charge is 0.293 e. The fourth-order valence-electron chi connectivity index (χ4n) is 4.21. The van der Waals surface area contributed by atoms with Crippen molar-refractivity contribution < 1.29 is 0 Å². The monoisotopic (exact) mass is 428 g/mol. The first-order valence-electron chi connectivity index (χ1n) is 10.7. The van der Waals surface area contributed by atoms with Crippen LogP contribution in [0.1, 0.15) is 25.3 Å². The van der Waals surface area contributed by atoms with Gasteiger partial charge in [0.25, 0.3) is 5.56 Å². The third kappa shape index (κ3) is 3.69. The van der Waals surface area contributed by atoms with Crippen LogP contribution in [-0.4, -0.2) is 48.4 Å². The number of rotatable bonds is 4. The maximum absolute atomic E-state index is 13.5. The zero-order valence-electron chi connectivity index (χ0n) is 17.9. The Morgan fingerprint density at radius 1 is 1.19 bits per heavy atom. The maximum atomic E-state index is 13.5. The zero-order chi connectivity index (χ0) is 22.1. The highest BCUT2D eigenvalue weighted by atomic mass is 16.1. The minimum atomic E-state index is -0.195. The number of hydrogen-bond donors (Lipinski definition) is 1. The van der Waals surface area contributed by atoms with Crippen LogP contribution in [0.15, 0.2) is 41.6 Å². The van der Waals surface area contributed by atoms with E-state index < -0.39 is 0 Å². The van der Waals surface area contributed by atoms with E-state index in [0.717, 1.165) is 41.9 Å². The molecule has 1 fully saturated rings. The van der Waals surface area contributed by atoms with Crippen LogP contribution in [-0.2, 0) is 13.1 Å². The van der Waals surface area contributed by atoms with Crippen molar-refractivity contribution in [2.45, 2.75) is 38.9 Å². The van der Waals surface area contributed by atoms with Crippen molar-refractivity contribution in [2.24, 2.45) is 5.73 Å². The first kappa shape index (κ1) is 20.2. The summed E-state index contributed by atoms with van der Waals surface area (Å²) in [6.45, 7) is 4.08. The average molecular weight is 429 g/mol. The molecule has 1 atom stereocenters. The van der Waals surface area contributed by atoms with Gasteiger partial charge in [-0.25, -0.2) is 9.67 Å². The second kappa shape index (κ2) is 8.40. The second-order valence-electron chi connectivity index (χ2n) is 7.99. The number of aromatic nitrogens is 6. The van der Waals surface area contributed by atoms with Crippen molar-refractivity contribution in [1.29, 1.82) is 0 Å². The van der Waals surface area contributed by atoms with E-state index in [-0.39, 0.29) is 11.6 Å². The van der Waals surface area contributed by atoms with Crippen molar-refractivity contribution in [3.63, 3.8) is 0 Å². The Balaban J connectivity index is 1.58. The number of hydrogen-bond acceptors (Lipinski definition) is 7. The Morgan fingerprint density at radius 2 is 2.03 bits per heavy atom. The maximum Gasteiger partial charge on any atom is 0.293 e. The third-order valence-electron chi connectivity index (χ3n) is 5.75. The Morgan fingerprint density at radius 3 is 2.84 bits per heavy atom. The molecule has 1 unspecified atom stereocenters. The van der Waals surface area contributed by atoms with Gasteiger partial charge in [-0.05, 0) is 37.5 Å². The molecule has 4 heterocycles. The van der Waals surface area contributed by atoms with Gasteiger partial charge in [-0.2, -0.15) is 5.10 Å². The molecule has 5 rings (SSSR count). The van der Waals surface area contributed by atoms with Gasteiger partial charge in [0.15, 0.2) is 0 Å². The SMILES string of the molecule is CC#CCn1c(N2CCCC(N)C2)nc2cnn(Cc3ccc4nccnc4c3)c(=O)c21. The number of benzene rings is 1. The van der Waals surface area contributed by atoms with Gasteiger partial charge < -0.3 is 10.6 Å². The van der Waals surface area contributed by atoms with E-state index in [9.17, 15) is 4.79 Å². The predicted octanol–water partition coefficient (Wildman–Crippen LogP) is 1.54. The molecule has 0 aliphatic carbocycles. The normalized spacial score (nSPS) is 16.3. The summed E-state index contributed by atoms with van der Waals surface area (Å²) in [5.74, 6) is 6.73. The lowest BCUT2D eigenvalue weighted by molar-refractivity contribution is 0.496. The van der Waals surface area contributed by atoms with Gasteiger partial charge in [0.1, 0.15) is 11.0 Å². The molecule has 32 heavy (non-hydrogen) atoms. The summed E-state index contributed by atoms with van der Waals surface area (Å²) < 4.78 is 3.36. The zero-order valence-corrected chi connectivity index (χ0v) is 17.9. The van der Waals surface area contributed by atoms with E-state index in [1.165, 1.54) is 4.68 Å². The minimum Gasteiger partial charge on any atom is -0.341 e. The minimum absolute atomic E-state index is 0.0973. The molecule has 0 amide bonds. The van der Waals surface area contributed by atoms with E-state index in [1.807, 2.05) is 22.8 Å². The summed E-state index contributed by atoms with van der Waals surface area (Å²) in [7, 11) is 0. The van der Waals surface area contributed by atoms with Crippen LogP contribution in [0.3, 0.4) is 0 Å². The molecule has 0 saturated carbocycles. The van der Waals surface area contributed by atoms with Gasteiger partial charge in [-0.3, -0.25) is 19.3 Å². The number of nitrogens with two attached hydrogens (primary N) is 1. The van der Waals surface area contributed by atoms with E-state index in [0.29, 0.717) is 30.7 Å². The molecule has 1 saturated heterocycles. The Labute approximate surface area is 184 Å². The number of piperidine rings is 1. The number of fused-ring (bicyclic) bond motifs is 2. The highest BCUT2D eigenvalue weighted by molar-refractivity contribution is 5.77. The lowest BCUT2D eigenvalue weighted by atomic mass is 10.1. The lowest BCUT2D eigenvalue weighted by Gasteiger charge is -2.31. The van der Waals surface area contributed by atoms with Crippen molar-refractivity contribution in [2.75, 3.05) is 18.0 Å². The Bertz CT molecular complexity index is 1410. The number of nitrogens with zero attached hydrogens (tertiary/aromatic N) is 7. The molecule has 3 aromatic heterocycles. The summed E-state index contributed by atoms with van der Waals surface area (Å²) in [4.78, 5) is 29.0. The average Bonchev–Trinajstić information content (AvgIpc) is 3.19. The standard InChI is InChI=1S/C23H24N8O/c1-2-3-11-30-21-20(28-23(30)29-10-4-5-17(24)15-29)13-27-31(22(21)32)14-16-6-7-18-19(12-16)26-9-8-25-18/h6-9,12-13,17H,4-5,10-11,14-15,24H2,1H3. The summed E-state index contributed by atoms with van der Waals surface area (Å²) in [6, 6.07) is 5.87. The van der Waals surface area contributed by atoms with Gasteiger partial charge in [0.2, 0.25) is 5.95 Å². The molecule has 9 nitrogen and oxygen atoms in total. The topological polar surface area (TPSA) is 108 Å². The quantitative estimate of drug-likeness (QED) is 0.491. The third-order valence-corrected chi connectivity index (χ3v) is 5.75. The van der Waals surface area contributed by atoms with Crippen molar-refractivity contribution in [3.05, 3.63) is 52.7 Å². The summed E-state index contributed by atoms with van der Waals surface area (Å²) in [5.41, 5.74) is 9.60. The van der Waals surface area contributed by atoms with Crippen LogP contribution < -0.4 is 16.2 Å². The molecular formula is C23H24N8O. The number of imidazole rings is 1. The first-order valence-corrected chi connectivity index (χ1v) is 10.7. The fourth-order valence-corrected chi connectivity index (χ4v) is 4.21. The molecule has 4 aromatic rings. The summed E-state index contributed by atoms with van der Waals surface area (Å²) in [6.07, 6.45) is 6.97. The molecule has 2 N–H and O–H groups in total. The number of anilines is 1. The molecule has 162 valence electrons. The molecule has 0 radical (unpaired) electrons. The van der Waals surface area contributed by atoms with E-state index in [4.69, 9.17) is 10.7 Å². The highest BCUT2D eigenvalue weighted by Crippen LogP contribution is 2.23. The highest BCUT2D eigenvalue weighted by Gasteiger charge is 2.24. The Hall–Kier alpha value is -3.77. The molecule has 0 spiro atoms. The summed E-state index contributed by atoms with van der Waals surface area (Å²) in [5, 5.41) is 4.39. The van der Waals surface area contributed by atoms with E-state index >= 15 is 0 Å². The van der Waals surface area contributed by atoms with Gasteiger partial charge in [-0.15, -0.1) is 5.92 Å². The van der Waals surface area contributed by atoms with Crippen LogP contribution in [0.4, 0.5) is 5.95 Å². The molecule has 1 aromatic carbocycles. The van der Waals surface area contributed by atoms with Crippen LogP contribution >= 0.6 is 0 Å². The van der Waals surface area contributed by atoms with E-state index in [1.54, 1.807) is 25.5 Å². The second-order valence-corrected chi connectivity index (χ2v) is 7.99. The molecule has 0 bridgehead atoms. The molecule has 1 aliphatic heterocycles. The van der Waals surface area contributed by atoms with Gasteiger partial charge in [-0.1, -0.05) is 12.0 Å².